The zero-order valence-corrected chi connectivity index (χ0v) is 13.4. The van der Waals surface area contributed by atoms with Gasteiger partial charge >= 0.3 is 0 Å². The van der Waals surface area contributed by atoms with Gasteiger partial charge < -0.3 is 10.6 Å². The van der Waals surface area contributed by atoms with Crippen molar-refractivity contribution in [3.05, 3.63) is 65.1 Å². The van der Waals surface area contributed by atoms with Gasteiger partial charge in [0.1, 0.15) is 0 Å². The molecule has 0 aliphatic rings. The molecule has 2 N–H and O–H groups in total. The van der Waals surface area contributed by atoms with Crippen LogP contribution in [0.15, 0.2) is 36.5 Å². The number of nitrogens with one attached hydrogen (secondary N) is 2. The normalized spacial score (nSPS) is 10.6. The van der Waals surface area contributed by atoms with Crippen LogP contribution >= 0.6 is 0 Å². The first-order valence-corrected chi connectivity index (χ1v) is 7.38. The molecule has 0 amide bonds. The van der Waals surface area contributed by atoms with Crippen LogP contribution in [0.2, 0.25) is 0 Å². The van der Waals surface area contributed by atoms with Gasteiger partial charge in [0.2, 0.25) is 5.95 Å². The maximum absolute atomic E-state index is 13.7. The van der Waals surface area contributed by atoms with Gasteiger partial charge in [-0.25, -0.2) is 13.2 Å². The lowest BCUT2D eigenvalue weighted by Gasteiger charge is -2.10. The average Bonchev–Trinajstić information content (AvgIpc) is 2.55. The van der Waals surface area contributed by atoms with Crippen molar-refractivity contribution in [1.82, 2.24) is 15.2 Å². The van der Waals surface area contributed by atoms with E-state index in [0.29, 0.717) is 5.82 Å². The number of aryl methyl sites for hydroxylation is 2. The predicted molar refractivity (Wildman–Crippen MR) is 88.6 cm³/mol. The Balaban J connectivity index is 1.83. The summed E-state index contributed by atoms with van der Waals surface area (Å²) in [7, 11) is 0. The number of hydrogen-bond acceptors (Lipinski definition) is 5. The zero-order chi connectivity index (χ0) is 18.0. The summed E-state index contributed by atoms with van der Waals surface area (Å²) in [4.78, 5) is 4.14. The zero-order valence-electron chi connectivity index (χ0n) is 13.4. The highest BCUT2D eigenvalue weighted by molar-refractivity contribution is 5.60. The van der Waals surface area contributed by atoms with E-state index in [0.717, 1.165) is 28.9 Å². The smallest absolute Gasteiger partial charge is 0.249 e. The lowest BCUT2D eigenvalue weighted by Crippen LogP contribution is -2.05. The minimum Gasteiger partial charge on any atom is -0.339 e. The Morgan fingerprint density at radius 1 is 0.880 bits per heavy atom. The molecule has 128 valence electrons. The molecule has 0 atom stereocenters. The minimum absolute atomic E-state index is 0.0562. The van der Waals surface area contributed by atoms with E-state index in [2.05, 4.69) is 25.8 Å². The van der Waals surface area contributed by atoms with Crippen LogP contribution in [-0.4, -0.2) is 15.2 Å². The average molecular weight is 345 g/mol. The molecule has 0 spiro atoms. The Hall–Kier alpha value is -3.16. The number of anilines is 4. The van der Waals surface area contributed by atoms with Crippen molar-refractivity contribution in [2.45, 2.75) is 13.8 Å². The van der Waals surface area contributed by atoms with Crippen LogP contribution in [0.25, 0.3) is 0 Å². The maximum Gasteiger partial charge on any atom is 0.249 e. The van der Waals surface area contributed by atoms with E-state index < -0.39 is 17.5 Å². The van der Waals surface area contributed by atoms with Crippen molar-refractivity contribution in [3.8, 4) is 0 Å². The molecule has 0 fully saturated rings. The summed E-state index contributed by atoms with van der Waals surface area (Å²) in [6.07, 6.45) is 1.39. The van der Waals surface area contributed by atoms with Gasteiger partial charge in [0.25, 0.3) is 0 Å². The van der Waals surface area contributed by atoms with Crippen molar-refractivity contribution >= 4 is 23.1 Å². The lowest BCUT2D eigenvalue weighted by atomic mass is 10.1. The molecule has 1 aromatic heterocycles. The molecule has 0 radical (unpaired) electrons. The summed E-state index contributed by atoms with van der Waals surface area (Å²) in [6.45, 7) is 3.94. The summed E-state index contributed by atoms with van der Waals surface area (Å²) in [6, 6.07) is 7.75. The van der Waals surface area contributed by atoms with Crippen LogP contribution in [0, 0.1) is 31.3 Å². The summed E-state index contributed by atoms with van der Waals surface area (Å²) in [5, 5.41) is 13.0. The molecule has 0 aliphatic carbocycles. The van der Waals surface area contributed by atoms with E-state index in [1.165, 1.54) is 6.20 Å². The molecular weight excluding hydrogens is 331 g/mol. The quantitative estimate of drug-likeness (QED) is 0.687. The van der Waals surface area contributed by atoms with Gasteiger partial charge in [-0.3, -0.25) is 0 Å². The largest absolute Gasteiger partial charge is 0.339 e. The topological polar surface area (TPSA) is 62.7 Å². The van der Waals surface area contributed by atoms with Crippen LogP contribution < -0.4 is 10.6 Å². The molecule has 0 aliphatic heterocycles. The first-order chi connectivity index (χ1) is 11.9. The summed E-state index contributed by atoms with van der Waals surface area (Å²) in [5.41, 5.74) is 2.67. The van der Waals surface area contributed by atoms with Crippen molar-refractivity contribution < 1.29 is 13.2 Å². The number of rotatable bonds is 4. The number of hydrogen-bond donors (Lipinski definition) is 2. The highest BCUT2D eigenvalue weighted by Gasteiger charge is 2.14. The molecule has 2 aromatic carbocycles. The van der Waals surface area contributed by atoms with Gasteiger partial charge in [-0.1, -0.05) is 6.07 Å². The summed E-state index contributed by atoms with van der Waals surface area (Å²) in [5.74, 6) is -3.88. The molecule has 3 rings (SSSR count). The van der Waals surface area contributed by atoms with Crippen LogP contribution in [0.4, 0.5) is 36.3 Å². The van der Waals surface area contributed by atoms with Crippen molar-refractivity contribution in [3.63, 3.8) is 0 Å². The Morgan fingerprint density at radius 2 is 1.60 bits per heavy atom. The molecule has 5 nitrogen and oxygen atoms in total. The number of nitrogens with zero attached hydrogens (tertiary/aromatic N) is 3. The van der Waals surface area contributed by atoms with Gasteiger partial charge in [0, 0.05) is 5.69 Å². The second kappa shape index (κ2) is 6.76. The second-order valence-electron chi connectivity index (χ2n) is 5.51. The third-order valence-corrected chi connectivity index (χ3v) is 3.33. The van der Waals surface area contributed by atoms with Crippen LogP contribution in [-0.2, 0) is 0 Å². The van der Waals surface area contributed by atoms with Gasteiger partial charge in [0.15, 0.2) is 23.3 Å². The van der Waals surface area contributed by atoms with Crippen LogP contribution in [0.3, 0.4) is 0 Å². The van der Waals surface area contributed by atoms with E-state index >= 15 is 0 Å². The molecule has 0 saturated heterocycles. The SMILES string of the molecule is Cc1cc(C)cc(Nc2cnnc(Nc3ccc(F)c(F)c3F)n2)c1. The molecule has 25 heavy (non-hydrogen) atoms. The van der Waals surface area contributed by atoms with E-state index in [-0.39, 0.29) is 11.6 Å². The van der Waals surface area contributed by atoms with Gasteiger partial charge in [-0.05, 0) is 49.2 Å². The maximum atomic E-state index is 13.7. The molecule has 8 heteroatoms. The lowest BCUT2D eigenvalue weighted by molar-refractivity contribution is 0.449. The Bertz CT molecular complexity index is 910. The van der Waals surface area contributed by atoms with Gasteiger partial charge in [0.05, 0.1) is 11.9 Å². The van der Waals surface area contributed by atoms with Crippen molar-refractivity contribution in [2.24, 2.45) is 0 Å². The molecule has 0 unspecified atom stereocenters. The first-order valence-electron chi connectivity index (χ1n) is 7.38. The highest BCUT2D eigenvalue weighted by Crippen LogP contribution is 2.23. The van der Waals surface area contributed by atoms with Crippen LogP contribution in [0.5, 0.6) is 0 Å². The standard InChI is InChI=1S/C17H14F3N5/c1-9-5-10(2)7-11(6-9)22-14-8-21-25-17(24-14)23-13-4-3-12(18)15(19)16(13)20/h3-8H,1-2H3,(H2,22,23,24,25). The van der Waals surface area contributed by atoms with Crippen LogP contribution in [0.1, 0.15) is 11.1 Å². The number of benzene rings is 2. The van der Waals surface area contributed by atoms with E-state index in [4.69, 9.17) is 0 Å². The van der Waals surface area contributed by atoms with E-state index in [1.807, 2.05) is 32.0 Å². The fraction of sp³-hybridized carbons (Fsp3) is 0.118. The predicted octanol–water partition coefficient (Wildman–Crippen LogP) is 4.39. The van der Waals surface area contributed by atoms with Crippen molar-refractivity contribution in [2.75, 3.05) is 10.6 Å². The fourth-order valence-electron chi connectivity index (χ4n) is 2.35. The molecule has 1 heterocycles. The fourth-order valence-corrected chi connectivity index (χ4v) is 2.35. The molecule has 0 saturated carbocycles. The first kappa shape index (κ1) is 16.7. The molecule has 3 aromatic rings. The van der Waals surface area contributed by atoms with Gasteiger partial charge in [-0.15, -0.1) is 5.10 Å². The number of halogens is 3. The number of aromatic nitrogens is 3. The third-order valence-electron chi connectivity index (χ3n) is 3.33. The van der Waals surface area contributed by atoms with E-state index in [1.54, 1.807) is 0 Å². The van der Waals surface area contributed by atoms with E-state index in [9.17, 15) is 13.2 Å². The Morgan fingerprint density at radius 3 is 2.32 bits per heavy atom. The summed E-state index contributed by atoms with van der Waals surface area (Å²) < 4.78 is 40.0. The third kappa shape index (κ3) is 3.85. The van der Waals surface area contributed by atoms with Gasteiger partial charge in [-0.2, -0.15) is 10.1 Å². The van der Waals surface area contributed by atoms with Crippen molar-refractivity contribution in [1.29, 1.82) is 0 Å². The second-order valence-corrected chi connectivity index (χ2v) is 5.51. The monoisotopic (exact) mass is 345 g/mol. The highest BCUT2D eigenvalue weighted by atomic mass is 19.2. The molecular formula is C17H14F3N5. The minimum atomic E-state index is -1.57. The Kier molecular flexibility index (Phi) is 4.51. The Labute approximate surface area is 141 Å². The molecule has 0 bridgehead atoms. The summed E-state index contributed by atoms with van der Waals surface area (Å²) >= 11 is 0.